The van der Waals surface area contributed by atoms with Gasteiger partial charge in [-0.2, -0.15) is 0 Å². The van der Waals surface area contributed by atoms with Gasteiger partial charge in [0.25, 0.3) is 17.4 Å². The Bertz CT molecular complexity index is 1750. The van der Waals surface area contributed by atoms with Gasteiger partial charge in [-0.3, -0.25) is 14.4 Å². The molecular weight excluding hydrogens is 561 g/mol. The molecule has 0 aliphatic carbocycles. The number of ether oxygens (including phenoxy) is 1. The molecule has 0 radical (unpaired) electrons. The zero-order valence-electron chi connectivity index (χ0n) is 25.5. The minimum Gasteiger partial charge on any atom is -0.378 e. The molecule has 2 amide bonds. The molecule has 5 rings (SSSR count). The maximum Gasteiger partial charge on any atom is 0.274 e. The smallest absolute Gasteiger partial charge is 0.274 e. The first-order chi connectivity index (χ1) is 20.9. The second-order valence-electron chi connectivity index (χ2n) is 11.9. The van der Waals surface area contributed by atoms with E-state index in [1.165, 1.54) is 22.9 Å². The van der Waals surface area contributed by atoms with Crippen LogP contribution in [0.3, 0.4) is 0 Å². The number of anilines is 3. The number of nitrogens with zero attached hydrogens (tertiary/aromatic N) is 3. The Kier molecular flexibility index (Phi) is 8.64. The van der Waals surface area contributed by atoms with Gasteiger partial charge in [0, 0.05) is 49.3 Å². The van der Waals surface area contributed by atoms with Crippen LogP contribution in [0.15, 0.2) is 71.8 Å². The number of carbonyl (C=O) groups is 2. The van der Waals surface area contributed by atoms with Crippen LogP contribution in [0.2, 0.25) is 0 Å². The Balaban J connectivity index is 1.39. The minimum atomic E-state index is -0.533. The number of rotatable bonds is 6. The molecule has 1 saturated heterocycles. The third-order valence-electron chi connectivity index (χ3n) is 7.70. The molecule has 0 unspecified atom stereocenters. The monoisotopic (exact) mass is 597 g/mol. The van der Waals surface area contributed by atoms with Gasteiger partial charge in [-0.05, 0) is 71.5 Å². The van der Waals surface area contributed by atoms with Crippen molar-refractivity contribution in [3.8, 4) is 11.1 Å². The highest BCUT2D eigenvalue weighted by Crippen LogP contribution is 2.32. The molecule has 0 saturated carbocycles. The lowest BCUT2D eigenvalue weighted by molar-refractivity contribution is 0.0302. The zero-order valence-corrected chi connectivity index (χ0v) is 25.5. The van der Waals surface area contributed by atoms with Crippen LogP contribution in [-0.2, 0) is 17.2 Å². The van der Waals surface area contributed by atoms with Crippen molar-refractivity contribution < 1.29 is 18.7 Å². The van der Waals surface area contributed by atoms with Crippen LogP contribution >= 0.6 is 0 Å². The Morgan fingerprint density at radius 3 is 2.27 bits per heavy atom. The van der Waals surface area contributed by atoms with E-state index < -0.39 is 5.82 Å². The molecule has 10 heteroatoms. The van der Waals surface area contributed by atoms with Crippen molar-refractivity contribution in [1.82, 2.24) is 14.5 Å². The predicted molar refractivity (Wildman–Crippen MR) is 169 cm³/mol. The first-order valence-corrected chi connectivity index (χ1v) is 14.4. The van der Waals surface area contributed by atoms with E-state index in [0.717, 1.165) is 5.56 Å². The molecule has 9 nitrogen and oxygen atoms in total. The van der Waals surface area contributed by atoms with Crippen molar-refractivity contribution in [3.05, 3.63) is 105 Å². The molecule has 1 aliphatic heterocycles. The number of morpholine rings is 1. The van der Waals surface area contributed by atoms with Gasteiger partial charge in [-0.15, -0.1) is 0 Å². The molecule has 228 valence electrons. The summed E-state index contributed by atoms with van der Waals surface area (Å²) >= 11 is 0. The van der Waals surface area contributed by atoms with Crippen molar-refractivity contribution in [2.45, 2.75) is 33.1 Å². The number of aromatic nitrogens is 2. The van der Waals surface area contributed by atoms with E-state index in [0.29, 0.717) is 65.6 Å². The number of hydrogen-bond donors (Lipinski definition) is 2. The van der Waals surface area contributed by atoms with Gasteiger partial charge in [0.05, 0.1) is 18.8 Å². The van der Waals surface area contributed by atoms with Gasteiger partial charge in [-0.25, -0.2) is 9.37 Å². The number of amides is 2. The molecule has 44 heavy (non-hydrogen) atoms. The van der Waals surface area contributed by atoms with Crippen LogP contribution in [0, 0.1) is 12.7 Å². The summed E-state index contributed by atoms with van der Waals surface area (Å²) in [6.07, 6.45) is 3.08. The highest BCUT2D eigenvalue weighted by molar-refractivity contribution is 6.05. The Hall–Kier alpha value is -4.83. The Labute approximate surface area is 255 Å². The minimum absolute atomic E-state index is 0.0475. The summed E-state index contributed by atoms with van der Waals surface area (Å²) < 4.78 is 21.6. The van der Waals surface area contributed by atoms with Crippen molar-refractivity contribution in [2.75, 3.05) is 36.9 Å². The van der Waals surface area contributed by atoms with E-state index in [-0.39, 0.29) is 28.5 Å². The lowest BCUT2D eigenvalue weighted by atomic mass is 9.86. The van der Waals surface area contributed by atoms with Crippen LogP contribution in [0.25, 0.3) is 11.1 Å². The summed E-state index contributed by atoms with van der Waals surface area (Å²) in [6.45, 7) is 10.1. The molecule has 1 fully saturated rings. The highest BCUT2D eigenvalue weighted by atomic mass is 19.1. The van der Waals surface area contributed by atoms with Crippen molar-refractivity contribution in [1.29, 1.82) is 0 Å². The Morgan fingerprint density at radius 1 is 0.955 bits per heavy atom. The predicted octanol–water partition coefficient (Wildman–Crippen LogP) is 5.66. The van der Waals surface area contributed by atoms with Gasteiger partial charge in [-0.1, -0.05) is 32.9 Å². The van der Waals surface area contributed by atoms with Gasteiger partial charge < -0.3 is 24.8 Å². The van der Waals surface area contributed by atoms with E-state index in [1.54, 1.807) is 55.4 Å². The number of aryl methyl sites for hydroxylation is 1. The second-order valence-corrected chi connectivity index (χ2v) is 11.9. The summed E-state index contributed by atoms with van der Waals surface area (Å²) in [5, 5.41) is 5.88. The van der Waals surface area contributed by atoms with Gasteiger partial charge in [0.2, 0.25) is 0 Å². The highest BCUT2D eigenvalue weighted by Gasteiger charge is 2.20. The molecule has 2 aromatic carbocycles. The molecule has 3 heterocycles. The fraction of sp³-hybridized carbons (Fsp3) is 0.294. The van der Waals surface area contributed by atoms with Crippen LogP contribution < -0.4 is 16.2 Å². The maximum atomic E-state index is 14.9. The molecule has 1 aliphatic rings. The quantitative estimate of drug-likeness (QED) is 0.297. The number of halogens is 1. The zero-order chi connectivity index (χ0) is 31.6. The van der Waals surface area contributed by atoms with E-state index in [2.05, 4.69) is 36.4 Å². The first-order valence-electron chi connectivity index (χ1n) is 14.4. The van der Waals surface area contributed by atoms with E-state index >= 15 is 0 Å². The van der Waals surface area contributed by atoms with E-state index in [1.807, 2.05) is 12.1 Å². The summed E-state index contributed by atoms with van der Waals surface area (Å²) in [6, 6.07) is 14.9. The average Bonchev–Trinajstić information content (AvgIpc) is 3.01. The van der Waals surface area contributed by atoms with Crippen molar-refractivity contribution >= 4 is 29.0 Å². The molecule has 0 bridgehead atoms. The first kappa shape index (κ1) is 30.6. The average molecular weight is 598 g/mol. The van der Waals surface area contributed by atoms with Gasteiger partial charge in [0.1, 0.15) is 17.3 Å². The van der Waals surface area contributed by atoms with Crippen LogP contribution in [0.1, 0.15) is 52.6 Å². The summed E-state index contributed by atoms with van der Waals surface area (Å²) in [7, 11) is 1.60. The number of nitrogens with one attached hydrogen (secondary N) is 2. The molecule has 0 spiro atoms. The topological polar surface area (TPSA) is 106 Å². The third kappa shape index (κ3) is 6.70. The lowest BCUT2D eigenvalue weighted by Crippen LogP contribution is -2.40. The molecule has 0 atom stereocenters. The summed E-state index contributed by atoms with van der Waals surface area (Å²) in [5.41, 5.74) is 3.91. The number of pyridine rings is 2. The largest absolute Gasteiger partial charge is 0.378 e. The standard InChI is InChI=1S/C34H36FN5O4/c1-21-27(17-26(35)18-28(21)38-31(41)22-6-9-25(10-7-22)34(2,3)4)24-16-29(33(43)39(5)20-24)37-30-11-8-23(19-36-30)32(42)40-12-14-44-15-13-40/h6-11,16-20H,12-15H2,1-5H3,(H,36,37)(H,38,41). The van der Waals surface area contributed by atoms with E-state index in [9.17, 15) is 18.8 Å². The van der Waals surface area contributed by atoms with E-state index in [4.69, 9.17) is 4.74 Å². The molecule has 2 aromatic heterocycles. The molecule has 2 N–H and O–H groups in total. The fourth-order valence-corrected chi connectivity index (χ4v) is 5.05. The summed E-state index contributed by atoms with van der Waals surface area (Å²) in [5.74, 6) is -0.639. The van der Waals surface area contributed by atoms with Crippen molar-refractivity contribution in [2.24, 2.45) is 7.05 Å². The molecular formula is C34H36FN5O4. The van der Waals surface area contributed by atoms with Gasteiger partial charge in [0.15, 0.2) is 0 Å². The third-order valence-corrected chi connectivity index (χ3v) is 7.70. The SMILES string of the molecule is Cc1c(NC(=O)c2ccc(C(C)(C)C)cc2)cc(F)cc1-c1cc(Nc2ccc(C(=O)N3CCOCC3)cn2)c(=O)n(C)c1. The van der Waals surface area contributed by atoms with Gasteiger partial charge >= 0.3 is 0 Å². The second kappa shape index (κ2) is 12.4. The number of benzene rings is 2. The molecule has 4 aromatic rings. The fourth-order valence-electron chi connectivity index (χ4n) is 5.05. The lowest BCUT2D eigenvalue weighted by Gasteiger charge is -2.26. The van der Waals surface area contributed by atoms with Crippen LogP contribution in [-0.4, -0.2) is 52.6 Å². The number of hydrogen-bond acceptors (Lipinski definition) is 6. The Morgan fingerprint density at radius 2 is 1.64 bits per heavy atom. The van der Waals surface area contributed by atoms with Crippen LogP contribution in [0.5, 0.6) is 0 Å². The van der Waals surface area contributed by atoms with Crippen LogP contribution in [0.4, 0.5) is 21.6 Å². The normalized spacial score (nSPS) is 13.5. The number of carbonyl (C=O) groups excluding carboxylic acids is 2. The maximum absolute atomic E-state index is 14.9. The summed E-state index contributed by atoms with van der Waals surface area (Å²) in [4.78, 5) is 44.9. The van der Waals surface area contributed by atoms with Crippen molar-refractivity contribution in [3.63, 3.8) is 0 Å².